The predicted octanol–water partition coefficient (Wildman–Crippen LogP) is 0.235. The zero-order valence-electron chi connectivity index (χ0n) is 12.3. The van der Waals surface area contributed by atoms with Crippen molar-refractivity contribution < 1.29 is 18.3 Å². The number of hydrogen-bond acceptors (Lipinski definition) is 5. The summed E-state index contributed by atoms with van der Waals surface area (Å²) in [6.45, 7) is 0.483. The van der Waals surface area contributed by atoms with Gasteiger partial charge in [-0.25, -0.2) is 13.1 Å². The third kappa shape index (κ3) is 3.49. The van der Waals surface area contributed by atoms with Crippen LogP contribution in [0.3, 0.4) is 0 Å². The molecule has 0 spiro atoms. The molecule has 7 heteroatoms. The summed E-state index contributed by atoms with van der Waals surface area (Å²) in [5.74, 6) is 0. The monoisotopic (exact) mass is 326 g/mol. The maximum absolute atomic E-state index is 12.1. The molecule has 1 aromatic carbocycles. The Bertz CT molecular complexity index is 589. The molecular weight excluding hydrogens is 304 g/mol. The number of hydrogen-bond donors (Lipinski definition) is 3. The van der Waals surface area contributed by atoms with Gasteiger partial charge in [-0.05, 0) is 25.0 Å². The van der Waals surface area contributed by atoms with Gasteiger partial charge in [-0.3, -0.25) is 0 Å². The van der Waals surface area contributed by atoms with Crippen molar-refractivity contribution in [1.82, 2.24) is 10.0 Å². The Morgan fingerprint density at radius 3 is 2.59 bits per heavy atom. The third-order valence-electron chi connectivity index (χ3n) is 4.37. The number of benzene rings is 1. The van der Waals surface area contributed by atoms with Gasteiger partial charge in [-0.15, -0.1) is 0 Å². The van der Waals surface area contributed by atoms with Crippen LogP contribution in [0.5, 0.6) is 0 Å². The van der Waals surface area contributed by atoms with Crippen molar-refractivity contribution in [3.05, 3.63) is 30.3 Å². The van der Waals surface area contributed by atoms with Crippen LogP contribution in [0.25, 0.3) is 0 Å². The lowest BCUT2D eigenvalue weighted by molar-refractivity contribution is 0.0436. The Kier molecular flexibility index (Phi) is 4.79. The molecule has 122 valence electrons. The molecule has 1 saturated heterocycles. The highest BCUT2D eigenvalue weighted by molar-refractivity contribution is 7.89. The summed E-state index contributed by atoms with van der Waals surface area (Å²) >= 11 is 0. The van der Waals surface area contributed by atoms with E-state index >= 15 is 0 Å². The summed E-state index contributed by atoms with van der Waals surface area (Å²) in [4.78, 5) is 0.214. The van der Waals surface area contributed by atoms with Gasteiger partial charge in [0.05, 0.1) is 29.8 Å². The average Bonchev–Trinajstić information content (AvgIpc) is 2.82. The van der Waals surface area contributed by atoms with E-state index in [0.29, 0.717) is 12.6 Å². The molecule has 3 N–H and O–H groups in total. The quantitative estimate of drug-likeness (QED) is 0.697. The highest BCUT2D eigenvalue weighted by Gasteiger charge is 2.38. The van der Waals surface area contributed by atoms with Gasteiger partial charge in [0.15, 0.2) is 0 Å². The lowest BCUT2D eigenvalue weighted by atomic mass is 9.92. The van der Waals surface area contributed by atoms with Crippen LogP contribution in [0, 0.1) is 0 Å². The van der Waals surface area contributed by atoms with Gasteiger partial charge in [0.1, 0.15) is 0 Å². The van der Waals surface area contributed by atoms with E-state index in [-0.39, 0.29) is 17.5 Å². The number of ether oxygens (including phenoxy) is 1. The molecule has 6 nitrogen and oxygen atoms in total. The van der Waals surface area contributed by atoms with Crippen LogP contribution in [-0.4, -0.2) is 51.0 Å². The smallest absolute Gasteiger partial charge is 0.240 e. The lowest BCUT2D eigenvalue weighted by Gasteiger charge is -2.30. The van der Waals surface area contributed by atoms with Crippen LogP contribution in [-0.2, 0) is 14.8 Å². The second kappa shape index (κ2) is 6.64. The maximum Gasteiger partial charge on any atom is 0.240 e. The van der Waals surface area contributed by atoms with Crippen molar-refractivity contribution in [3.8, 4) is 0 Å². The second-order valence-electron chi connectivity index (χ2n) is 5.93. The summed E-state index contributed by atoms with van der Waals surface area (Å²) in [6, 6.07) is 8.53. The molecule has 22 heavy (non-hydrogen) atoms. The number of aliphatic hydroxyl groups is 1. The van der Waals surface area contributed by atoms with E-state index in [4.69, 9.17) is 4.74 Å². The van der Waals surface area contributed by atoms with Crippen LogP contribution >= 0.6 is 0 Å². The maximum atomic E-state index is 12.1. The normalized spacial score (nSPS) is 29.4. The van der Waals surface area contributed by atoms with Crippen molar-refractivity contribution in [2.24, 2.45) is 0 Å². The average molecular weight is 326 g/mol. The van der Waals surface area contributed by atoms with Gasteiger partial charge >= 0.3 is 0 Å². The molecule has 0 unspecified atom stereocenters. The first-order valence-corrected chi connectivity index (χ1v) is 9.15. The standard InChI is InChI=1S/C15H22N2O4S/c18-15-13(17-11-5-4-6-11)10-21-14(15)9-16-22(19,20)12-7-2-1-3-8-12/h1-3,7-8,11,13-18H,4-6,9-10H2/t13-,14-,15+/m1/s1. The molecule has 0 bridgehead atoms. The van der Waals surface area contributed by atoms with E-state index < -0.39 is 22.2 Å². The number of nitrogens with one attached hydrogen (secondary N) is 2. The van der Waals surface area contributed by atoms with Crippen LogP contribution in [0.1, 0.15) is 19.3 Å². The summed E-state index contributed by atoms with van der Waals surface area (Å²) < 4.78 is 32.3. The summed E-state index contributed by atoms with van der Waals surface area (Å²) in [5, 5.41) is 13.6. The first-order valence-electron chi connectivity index (χ1n) is 7.67. The first kappa shape index (κ1) is 15.9. The minimum atomic E-state index is -3.57. The Morgan fingerprint density at radius 1 is 1.23 bits per heavy atom. The highest BCUT2D eigenvalue weighted by atomic mass is 32.2. The van der Waals surface area contributed by atoms with Gasteiger partial charge in [-0.1, -0.05) is 24.6 Å². The number of rotatable bonds is 6. The van der Waals surface area contributed by atoms with Gasteiger partial charge < -0.3 is 15.2 Å². The molecular formula is C15H22N2O4S. The molecule has 1 aromatic rings. The topological polar surface area (TPSA) is 87.7 Å². The number of sulfonamides is 1. The lowest BCUT2D eigenvalue weighted by Crippen LogP contribution is -2.50. The first-order chi connectivity index (χ1) is 10.6. The van der Waals surface area contributed by atoms with Crippen LogP contribution < -0.4 is 10.0 Å². The predicted molar refractivity (Wildman–Crippen MR) is 81.9 cm³/mol. The van der Waals surface area contributed by atoms with E-state index in [0.717, 1.165) is 12.8 Å². The van der Waals surface area contributed by atoms with Crippen LogP contribution in [0.15, 0.2) is 35.2 Å². The fourth-order valence-electron chi connectivity index (χ4n) is 2.76. The molecule has 0 amide bonds. The largest absolute Gasteiger partial charge is 0.389 e. The molecule has 0 aromatic heterocycles. The summed E-state index contributed by atoms with van der Waals surface area (Å²) in [6.07, 6.45) is 2.28. The minimum absolute atomic E-state index is 0.0707. The van der Waals surface area contributed by atoms with Crippen LogP contribution in [0.4, 0.5) is 0 Å². The highest BCUT2D eigenvalue weighted by Crippen LogP contribution is 2.22. The molecule has 3 atom stereocenters. The molecule has 1 aliphatic heterocycles. The van der Waals surface area contributed by atoms with Crippen molar-refractivity contribution in [2.45, 2.75) is 48.4 Å². The fraction of sp³-hybridized carbons (Fsp3) is 0.600. The van der Waals surface area contributed by atoms with E-state index in [9.17, 15) is 13.5 Å². The molecule has 2 fully saturated rings. The number of aliphatic hydroxyl groups excluding tert-OH is 1. The van der Waals surface area contributed by atoms with Gasteiger partial charge in [0.25, 0.3) is 0 Å². The second-order valence-corrected chi connectivity index (χ2v) is 7.70. The van der Waals surface area contributed by atoms with E-state index in [1.165, 1.54) is 18.6 Å². The summed E-state index contributed by atoms with van der Waals surface area (Å²) in [7, 11) is -3.57. The Labute approximate surface area is 130 Å². The van der Waals surface area contributed by atoms with Crippen molar-refractivity contribution in [1.29, 1.82) is 0 Å². The zero-order valence-corrected chi connectivity index (χ0v) is 13.1. The third-order valence-corrected chi connectivity index (χ3v) is 5.81. The molecule has 2 aliphatic rings. The van der Waals surface area contributed by atoms with Crippen molar-refractivity contribution in [3.63, 3.8) is 0 Å². The Morgan fingerprint density at radius 2 is 1.95 bits per heavy atom. The van der Waals surface area contributed by atoms with Gasteiger partial charge in [0, 0.05) is 12.6 Å². The SMILES string of the molecule is O=S(=O)(NC[C@H]1OC[C@@H](NC2CCC2)[C@@H]1O)c1ccccc1. The zero-order chi connectivity index (χ0) is 15.6. The molecule has 1 aliphatic carbocycles. The van der Waals surface area contributed by atoms with Gasteiger partial charge in [0.2, 0.25) is 10.0 Å². The fourth-order valence-corrected chi connectivity index (χ4v) is 3.83. The Hall–Kier alpha value is -0.990. The van der Waals surface area contributed by atoms with E-state index in [1.54, 1.807) is 18.2 Å². The van der Waals surface area contributed by atoms with Crippen LogP contribution in [0.2, 0.25) is 0 Å². The molecule has 1 heterocycles. The van der Waals surface area contributed by atoms with Gasteiger partial charge in [-0.2, -0.15) is 0 Å². The van der Waals surface area contributed by atoms with Crippen molar-refractivity contribution in [2.75, 3.05) is 13.2 Å². The Balaban J connectivity index is 1.53. The molecule has 3 rings (SSSR count). The van der Waals surface area contributed by atoms with E-state index in [2.05, 4.69) is 10.0 Å². The molecule has 1 saturated carbocycles. The molecule has 0 radical (unpaired) electrons. The van der Waals surface area contributed by atoms with E-state index in [1.807, 2.05) is 0 Å². The minimum Gasteiger partial charge on any atom is -0.389 e. The summed E-state index contributed by atoms with van der Waals surface area (Å²) in [5.41, 5.74) is 0. The van der Waals surface area contributed by atoms with Crippen molar-refractivity contribution >= 4 is 10.0 Å².